The molecule has 1 aliphatic carbocycles. The fraction of sp³-hybridized carbons (Fsp3) is 0.500. The molecule has 0 nitrogen and oxygen atoms in total. The molecule has 0 aromatic heterocycles. The lowest BCUT2D eigenvalue weighted by Gasteiger charge is -2.27. The fourth-order valence-corrected chi connectivity index (χ4v) is 4.46. The van der Waals surface area contributed by atoms with E-state index in [2.05, 4.69) is 65.8 Å². The van der Waals surface area contributed by atoms with E-state index in [0.29, 0.717) is 0 Å². The lowest BCUT2D eigenvalue weighted by molar-refractivity contribution is 0.348. The smallest absolute Gasteiger partial charge is 0.0125 e. The number of hydrogen-bond acceptors (Lipinski definition) is 0. The number of aryl methyl sites for hydroxylation is 4. The third-order valence-corrected chi connectivity index (χ3v) is 6.26. The zero-order valence-electron chi connectivity index (χ0n) is 16.3. The minimum atomic E-state index is 0.772. The second kappa shape index (κ2) is 6.75. The van der Waals surface area contributed by atoms with E-state index < -0.39 is 0 Å². The molecule has 0 atom stereocenters. The van der Waals surface area contributed by atoms with Gasteiger partial charge in [-0.05, 0) is 104 Å². The van der Waals surface area contributed by atoms with Gasteiger partial charge in [-0.25, -0.2) is 0 Å². The first-order chi connectivity index (χ1) is 11.4. The molecule has 2 aromatic carbocycles. The van der Waals surface area contributed by atoms with Gasteiger partial charge in [0.1, 0.15) is 0 Å². The Morgan fingerprint density at radius 1 is 0.667 bits per heavy atom. The summed E-state index contributed by atoms with van der Waals surface area (Å²) in [5, 5.41) is 0. The highest BCUT2D eigenvalue weighted by molar-refractivity contribution is 5.73. The molecule has 0 spiro atoms. The van der Waals surface area contributed by atoms with Crippen molar-refractivity contribution in [2.75, 3.05) is 0 Å². The maximum Gasteiger partial charge on any atom is -0.0125 e. The molecular weight excluding hydrogens is 288 g/mol. The standard InChI is InChI=1S/C24H32/c1-15-7-9-21(10-8-15)22-13-18(4)24(19(5)14-22)23-11-16(2)20(6)17(3)12-23/h11-15,21H,7-10H2,1-6H3. The number of hydrogen-bond donors (Lipinski definition) is 0. The van der Waals surface area contributed by atoms with E-state index in [9.17, 15) is 0 Å². The van der Waals surface area contributed by atoms with E-state index in [1.165, 1.54) is 64.6 Å². The van der Waals surface area contributed by atoms with E-state index in [4.69, 9.17) is 0 Å². The third-order valence-electron chi connectivity index (χ3n) is 6.26. The van der Waals surface area contributed by atoms with Crippen LogP contribution in [0.4, 0.5) is 0 Å². The van der Waals surface area contributed by atoms with Crippen LogP contribution in [0.25, 0.3) is 11.1 Å². The van der Waals surface area contributed by atoms with Crippen LogP contribution in [-0.4, -0.2) is 0 Å². The number of benzene rings is 2. The summed E-state index contributed by atoms with van der Waals surface area (Å²) < 4.78 is 0. The second-order valence-corrected chi connectivity index (χ2v) is 8.22. The van der Waals surface area contributed by atoms with Gasteiger partial charge in [0.05, 0.1) is 0 Å². The van der Waals surface area contributed by atoms with Crippen LogP contribution < -0.4 is 0 Å². The van der Waals surface area contributed by atoms with Gasteiger partial charge in [-0.15, -0.1) is 0 Å². The minimum Gasteiger partial charge on any atom is -0.0625 e. The SMILES string of the molecule is Cc1cc(-c2c(C)cc(C3CCC(C)CC3)cc2C)cc(C)c1C. The van der Waals surface area contributed by atoms with Crippen molar-refractivity contribution in [3.63, 3.8) is 0 Å². The van der Waals surface area contributed by atoms with Crippen molar-refractivity contribution in [1.82, 2.24) is 0 Å². The molecule has 0 aliphatic heterocycles. The summed E-state index contributed by atoms with van der Waals surface area (Å²) in [7, 11) is 0. The average Bonchev–Trinajstić information content (AvgIpc) is 2.52. The Bertz CT molecular complexity index is 697. The summed E-state index contributed by atoms with van der Waals surface area (Å²) in [5.74, 6) is 1.69. The van der Waals surface area contributed by atoms with Crippen LogP contribution in [-0.2, 0) is 0 Å². The van der Waals surface area contributed by atoms with Crippen molar-refractivity contribution >= 4 is 0 Å². The van der Waals surface area contributed by atoms with Crippen LogP contribution in [0.5, 0.6) is 0 Å². The van der Waals surface area contributed by atoms with Gasteiger partial charge < -0.3 is 0 Å². The average molecular weight is 321 g/mol. The van der Waals surface area contributed by atoms with E-state index in [-0.39, 0.29) is 0 Å². The molecule has 0 amide bonds. The van der Waals surface area contributed by atoms with Gasteiger partial charge >= 0.3 is 0 Å². The van der Waals surface area contributed by atoms with Crippen molar-refractivity contribution in [3.05, 3.63) is 57.6 Å². The number of rotatable bonds is 2. The molecule has 3 rings (SSSR count). The molecule has 0 unspecified atom stereocenters. The third kappa shape index (κ3) is 3.29. The molecule has 24 heavy (non-hydrogen) atoms. The van der Waals surface area contributed by atoms with Gasteiger partial charge in [0.2, 0.25) is 0 Å². The van der Waals surface area contributed by atoms with Gasteiger partial charge in [0, 0.05) is 0 Å². The van der Waals surface area contributed by atoms with Gasteiger partial charge in [-0.2, -0.15) is 0 Å². The Hall–Kier alpha value is -1.56. The molecule has 0 bridgehead atoms. The van der Waals surface area contributed by atoms with Crippen LogP contribution in [0.2, 0.25) is 0 Å². The molecule has 0 saturated heterocycles. The molecule has 1 fully saturated rings. The lowest BCUT2D eigenvalue weighted by atomic mass is 9.78. The Balaban J connectivity index is 1.99. The van der Waals surface area contributed by atoms with Crippen molar-refractivity contribution < 1.29 is 0 Å². The van der Waals surface area contributed by atoms with Crippen LogP contribution in [0.1, 0.15) is 71.9 Å². The predicted octanol–water partition coefficient (Wildman–Crippen LogP) is 7.19. The van der Waals surface area contributed by atoms with Gasteiger partial charge in [-0.1, -0.05) is 44.0 Å². The molecule has 2 aromatic rings. The zero-order chi connectivity index (χ0) is 17.4. The van der Waals surface area contributed by atoms with E-state index in [1.807, 2.05) is 0 Å². The Kier molecular flexibility index (Phi) is 4.85. The zero-order valence-corrected chi connectivity index (χ0v) is 16.3. The topological polar surface area (TPSA) is 0 Å². The first kappa shape index (κ1) is 17.3. The van der Waals surface area contributed by atoms with Crippen LogP contribution in [0, 0.1) is 40.5 Å². The molecule has 1 saturated carbocycles. The van der Waals surface area contributed by atoms with Gasteiger partial charge in [0.15, 0.2) is 0 Å². The maximum absolute atomic E-state index is 2.47. The van der Waals surface area contributed by atoms with Crippen molar-refractivity contribution in [1.29, 1.82) is 0 Å². The lowest BCUT2D eigenvalue weighted by Crippen LogP contribution is -2.11. The predicted molar refractivity (Wildman–Crippen MR) is 106 cm³/mol. The Morgan fingerprint density at radius 3 is 1.67 bits per heavy atom. The van der Waals surface area contributed by atoms with Crippen LogP contribution in [0.3, 0.4) is 0 Å². The van der Waals surface area contributed by atoms with E-state index in [0.717, 1.165) is 11.8 Å². The second-order valence-electron chi connectivity index (χ2n) is 8.22. The van der Waals surface area contributed by atoms with Crippen molar-refractivity contribution in [3.8, 4) is 11.1 Å². The van der Waals surface area contributed by atoms with Crippen molar-refractivity contribution in [2.45, 2.75) is 73.1 Å². The van der Waals surface area contributed by atoms with Crippen molar-refractivity contribution in [2.24, 2.45) is 5.92 Å². The quantitative estimate of drug-likeness (QED) is 0.549. The minimum absolute atomic E-state index is 0.772. The fourth-order valence-electron chi connectivity index (χ4n) is 4.46. The Labute approximate surface area is 148 Å². The molecule has 0 radical (unpaired) electrons. The molecule has 0 N–H and O–H groups in total. The van der Waals surface area contributed by atoms with Gasteiger partial charge in [0.25, 0.3) is 0 Å². The first-order valence-electron chi connectivity index (χ1n) is 9.56. The molecule has 0 heteroatoms. The first-order valence-corrected chi connectivity index (χ1v) is 9.56. The van der Waals surface area contributed by atoms with Crippen LogP contribution in [0.15, 0.2) is 24.3 Å². The summed E-state index contributed by atoms with van der Waals surface area (Å²) in [4.78, 5) is 0. The maximum atomic E-state index is 2.47. The highest BCUT2D eigenvalue weighted by Crippen LogP contribution is 2.38. The summed E-state index contributed by atoms with van der Waals surface area (Å²) >= 11 is 0. The highest BCUT2D eigenvalue weighted by Gasteiger charge is 2.21. The summed E-state index contributed by atoms with van der Waals surface area (Å²) in [5.41, 5.74) is 11.5. The summed E-state index contributed by atoms with van der Waals surface area (Å²) in [6.07, 6.45) is 5.51. The van der Waals surface area contributed by atoms with E-state index in [1.54, 1.807) is 5.56 Å². The highest BCUT2D eigenvalue weighted by atomic mass is 14.3. The molecule has 0 heterocycles. The monoisotopic (exact) mass is 320 g/mol. The van der Waals surface area contributed by atoms with Gasteiger partial charge in [-0.3, -0.25) is 0 Å². The Morgan fingerprint density at radius 2 is 1.17 bits per heavy atom. The van der Waals surface area contributed by atoms with E-state index >= 15 is 0 Å². The normalized spacial score (nSPS) is 21.1. The largest absolute Gasteiger partial charge is 0.0625 e. The summed E-state index contributed by atoms with van der Waals surface area (Å²) in [6.45, 7) is 13.7. The molecule has 128 valence electrons. The van der Waals surface area contributed by atoms with Crippen LogP contribution >= 0.6 is 0 Å². The molecule has 1 aliphatic rings. The molecular formula is C24H32. The summed E-state index contributed by atoms with van der Waals surface area (Å²) in [6, 6.07) is 9.65.